The summed E-state index contributed by atoms with van der Waals surface area (Å²) in [6.07, 6.45) is 51.5. The molecule has 1 atom stereocenters. The Morgan fingerprint density at radius 1 is 0.415 bits per heavy atom. The molecule has 0 radical (unpaired) electrons. The fraction of sp³-hybridized carbons (Fsp3) is 0.638. The molecule has 6 nitrogen and oxygen atoms in total. The largest absolute Gasteiger partial charge is 0.462 e. The van der Waals surface area contributed by atoms with Crippen LogP contribution in [-0.2, 0) is 28.6 Å². The zero-order valence-electron chi connectivity index (χ0n) is 34.0. The molecule has 0 amide bonds. The number of unbranched alkanes of at least 4 members (excludes halogenated alkanes) is 14. The first-order valence-electron chi connectivity index (χ1n) is 21.1. The van der Waals surface area contributed by atoms with Gasteiger partial charge in [0.05, 0.1) is 0 Å². The Morgan fingerprint density at radius 2 is 0.849 bits per heavy atom. The normalized spacial score (nSPS) is 12.9. The van der Waals surface area contributed by atoms with E-state index in [0.717, 1.165) is 89.9 Å². The van der Waals surface area contributed by atoms with E-state index < -0.39 is 6.10 Å². The van der Waals surface area contributed by atoms with E-state index in [1.54, 1.807) is 0 Å². The molecule has 0 aliphatic carbocycles. The fourth-order valence-electron chi connectivity index (χ4n) is 5.36. The molecule has 6 heteroatoms. The van der Waals surface area contributed by atoms with Gasteiger partial charge in [0.25, 0.3) is 0 Å². The van der Waals surface area contributed by atoms with Gasteiger partial charge >= 0.3 is 17.9 Å². The number of carbonyl (C=O) groups excluding carboxylic acids is 3. The molecule has 0 aliphatic heterocycles. The van der Waals surface area contributed by atoms with Gasteiger partial charge in [-0.05, 0) is 64.2 Å². The van der Waals surface area contributed by atoms with Crippen molar-refractivity contribution in [1.82, 2.24) is 0 Å². The van der Waals surface area contributed by atoms with E-state index in [1.807, 2.05) is 24.3 Å². The van der Waals surface area contributed by atoms with E-state index in [1.165, 1.54) is 38.5 Å². The van der Waals surface area contributed by atoms with Crippen LogP contribution in [-0.4, -0.2) is 37.2 Å². The number of carbonyl (C=O) groups is 3. The Labute approximate surface area is 325 Å². The molecule has 0 rings (SSSR count). The highest BCUT2D eigenvalue weighted by Crippen LogP contribution is 2.12. The number of ether oxygens (including phenoxy) is 3. The predicted octanol–water partition coefficient (Wildman–Crippen LogP) is 13.3. The van der Waals surface area contributed by atoms with Crippen LogP contribution < -0.4 is 0 Å². The highest BCUT2D eigenvalue weighted by atomic mass is 16.6. The van der Waals surface area contributed by atoms with Gasteiger partial charge in [-0.15, -0.1) is 0 Å². The molecule has 0 saturated heterocycles. The molecule has 1 unspecified atom stereocenters. The van der Waals surface area contributed by atoms with Crippen molar-refractivity contribution in [2.24, 2.45) is 0 Å². The van der Waals surface area contributed by atoms with Crippen LogP contribution in [0.1, 0.15) is 175 Å². The molecule has 0 N–H and O–H groups in total. The van der Waals surface area contributed by atoms with Gasteiger partial charge in [0.15, 0.2) is 6.10 Å². The number of hydrogen-bond donors (Lipinski definition) is 0. The van der Waals surface area contributed by atoms with E-state index in [2.05, 4.69) is 81.5 Å². The van der Waals surface area contributed by atoms with E-state index >= 15 is 0 Å². The summed E-state index contributed by atoms with van der Waals surface area (Å²) in [7, 11) is 0. The fourth-order valence-corrected chi connectivity index (χ4v) is 5.36. The minimum absolute atomic E-state index is 0.105. The van der Waals surface area contributed by atoms with Crippen molar-refractivity contribution in [2.45, 2.75) is 181 Å². The van der Waals surface area contributed by atoms with Gasteiger partial charge in [0.1, 0.15) is 13.2 Å². The Hall–Kier alpha value is -3.41. The summed E-state index contributed by atoms with van der Waals surface area (Å²) in [5.74, 6) is -0.998. The summed E-state index contributed by atoms with van der Waals surface area (Å²) in [6.45, 7) is 6.26. The minimum Gasteiger partial charge on any atom is -0.462 e. The first-order valence-corrected chi connectivity index (χ1v) is 21.1. The molecule has 0 aromatic carbocycles. The molecule has 0 bridgehead atoms. The summed E-state index contributed by atoms with van der Waals surface area (Å²) in [4.78, 5) is 37.5. The van der Waals surface area contributed by atoms with Crippen LogP contribution >= 0.6 is 0 Å². The lowest BCUT2D eigenvalue weighted by atomic mass is 10.1. The zero-order chi connectivity index (χ0) is 38.7. The zero-order valence-corrected chi connectivity index (χ0v) is 34.0. The Balaban J connectivity index is 4.48. The van der Waals surface area contributed by atoms with Gasteiger partial charge in [-0.25, -0.2) is 0 Å². The lowest BCUT2D eigenvalue weighted by Gasteiger charge is -2.18. The van der Waals surface area contributed by atoms with Crippen molar-refractivity contribution >= 4 is 17.9 Å². The second-order valence-electron chi connectivity index (χ2n) is 13.6. The van der Waals surface area contributed by atoms with Crippen molar-refractivity contribution < 1.29 is 28.6 Å². The Kier molecular flexibility index (Phi) is 38.7. The van der Waals surface area contributed by atoms with Crippen molar-refractivity contribution in [1.29, 1.82) is 0 Å². The Morgan fingerprint density at radius 3 is 1.42 bits per heavy atom. The minimum atomic E-state index is -0.808. The third-order valence-corrected chi connectivity index (χ3v) is 8.49. The Bertz CT molecular complexity index is 1080. The quantitative estimate of drug-likeness (QED) is 0.0209. The van der Waals surface area contributed by atoms with Crippen LogP contribution in [0, 0.1) is 0 Å². The maximum absolute atomic E-state index is 12.6. The van der Waals surface area contributed by atoms with Crippen LogP contribution in [0.3, 0.4) is 0 Å². The van der Waals surface area contributed by atoms with Crippen LogP contribution in [0.5, 0.6) is 0 Å². The second kappa shape index (κ2) is 41.3. The average molecular weight is 737 g/mol. The summed E-state index contributed by atoms with van der Waals surface area (Å²) >= 11 is 0. The topological polar surface area (TPSA) is 78.9 Å². The van der Waals surface area contributed by atoms with E-state index in [0.29, 0.717) is 19.3 Å². The van der Waals surface area contributed by atoms with E-state index in [9.17, 15) is 14.4 Å². The highest BCUT2D eigenvalue weighted by Gasteiger charge is 2.19. The SMILES string of the molecule is CC\C=C/C=C\C=C/C=C\CCCCCCCC(=O)OCC(COC(=O)CCCCCCCCCCC)OC(=O)CCC/C=C\C/C=C\C/C=C\CC. The van der Waals surface area contributed by atoms with Gasteiger partial charge in [-0.3, -0.25) is 14.4 Å². The maximum Gasteiger partial charge on any atom is 0.306 e. The van der Waals surface area contributed by atoms with Gasteiger partial charge in [0.2, 0.25) is 0 Å². The lowest BCUT2D eigenvalue weighted by Crippen LogP contribution is -2.30. The van der Waals surface area contributed by atoms with Crippen molar-refractivity contribution in [3.8, 4) is 0 Å². The molecule has 0 heterocycles. The van der Waals surface area contributed by atoms with E-state index in [4.69, 9.17) is 14.2 Å². The molecule has 300 valence electrons. The van der Waals surface area contributed by atoms with Crippen LogP contribution in [0.15, 0.2) is 85.1 Å². The van der Waals surface area contributed by atoms with Gasteiger partial charge < -0.3 is 14.2 Å². The molecular formula is C47H76O6. The first kappa shape index (κ1) is 49.6. The van der Waals surface area contributed by atoms with Crippen LogP contribution in [0.2, 0.25) is 0 Å². The summed E-state index contributed by atoms with van der Waals surface area (Å²) in [5, 5.41) is 0. The molecule has 0 aromatic rings. The smallest absolute Gasteiger partial charge is 0.306 e. The van der Waals surface area contributed by atoms with Crippen LogP contribution in [0.4, 0.5) is 0 Å². The predicted molar refractivity (Wildman–Crippen MR) is 224 cm³/mol. The number of rotatable bonds is 36. The van der Waals surface area contributed by atoms with Gasteiger partial charge in [-0.1, -0.05) is 176 Å². The van der Waals surface area contributed by atoms with Crippen LogP contribution in [0.25, 0.3) is 0 Å². The molecule has 0 aliphatic rings. The van der Waals surface area contributed by atoms with Crippen molar-refractivity contribution in [3.05, 3.63) is 85.1 Å². The maximum atomic E-state index is 12.6. The average Bonchev–Trinajstić information content (AvgIpc) is 3.15. The molecular weight excluding hydrogens is 661 g/mol. The monoisotopic (exact) mass is 737 g/mol. The summed E-state index contributed by atoms with van der Waals surface area (Å²) in [6, 6.07) is 0. The molecule has 0 saturated carbocycles. The highest BCUT2D eigenvalue weighted by molar-refractivity contribution is 5.71. The molecule has 0 aromatic heterocycles. The summed E-state index contributed by atoms with van der Waals surface area (Å²) < 4.78 is 16.6. The molecule has 53 heavy (non-hydrogen) atoms. The van der Waals surface area contributed by atoms with Gasteiger partial charge in [-0.2, -0.15) is 0 Å². The molecule has 0 spiro atoms. The lowest BCUT2D eigenvalue weighted by molar-refractivity contribution is -0.167. The first-order chi connectivity index (χ1) is 26.0. The standard InChI is InChI=1S/C47H76O6/c1-4-7-10-13-16-19-21-22-23-24-26-28-31-34-37-40-46(49)52-43-44(42-51-45(48)39-36-33-30-27-18-15-12-9-6-3)53-47(50)41-38-35-32-29-25-20-17-14-11-8-5-2/h7-8,10-11,13,16-17,19-23,29,32,44H,4-6,9,12,14-15,18,24-28,30-31,33-43H2,1-3H3/b10-7-,11-8-,16-13-,20-17-,21-19-,23-22-,32-29-. The van der Waals surface area contributed by atoms with Crippen molar-refractivity contribution in [3.63, 3.8) is 0 Å². The summed E-state index contributed by atoms with van der Waals surface area (Å²) in [5.41, 5.74) is 0. The third-order valence-electron chi connectivity index (χ3n) is 8.49. The number of allylic oxidation sites excluding steroid dienone is 14. The van der Waals surface area contributed by atoms with Gasteiger partial charge in [0, 0.05) is 19.3 Å². The number of hydrogen-bond acceptors (Lipinski definition) is 6. The van der Waals surface area contributed by atoms with E-state index in [-0.39, 0.29) is 37.5 Å². The molecule has 0 fully saturated rings. The number of esters is 3. The second-order valence-corrected chi connectivity index (χ2v) is 13.6. The third kappa shape index (κ3) is 39.6. The van der Waals surface area contributed by atoms with Crippen molar-refractivity contribution in [2.75, 3.05) is 13.2 Å².